The molecule has 0 fully saturated rings. The lowest BCUT2D eigenvalue weighted by molar-refractivity contribution is 0.0919. The van der Waals surface area contributed by atoms with E-state index in [4.69, 9.17) is 4.99 Å². The van der Waals surface area contributed by atoms with E-state index in [0.29, 0.717) is 12.1 Å². The Kier molecular flexibility index (Phi) is 4.11. The molecule has 2 aromatic carbocycles. The Balaban J connectivity index is 1.68. The van der Waals surface area contributed by atoms with Crippen molar-refractivity contribution in [1.82, 2.24) is 20.5 Å². The minimum Gasteiger partial charge on any atom is -0.347 e. The molecule has 1 amide bonds. The number of fused-ring (bicyclic) bond motifs is 1. The van der Waals surface area contributed by atoms with Gasteiger partial charge in [-0.05, 0) is 44.5 Å². The van der Waals surface area contributed by atoms with E-state index in [1.165, 1.54) is 6.33 Å². The topological polar surface area (TPSA) is 83.0 Å². The van der Waals surface area contributed by atoms with Gasteiger partial charge in [-0.3, -0.25) is 14.9 Å². The summed E-state index contributed by atoms with van der Waals surface area (Å²) in [6, 6.07) is 13.8. The van der Waals surface area contributed by atoms with Gasteiger partial charge in [0.2, 0.25) is 0 Å². The third-order valence-corrected chi connectivity index (χ3v) is 4.35. The quantitative estimate of drug-likeness (QED) is 0.752. The Morgan fingerprint density at radius 3 is 2.70 bits per heavy atom. The fourth-order valence-corrected chi connectivity index (χ4v) is 3.14. The third kappa shape index (κ3) is 3.51. The average molecular weight is 359 g/mol. The Morgan fingerprint density at radius 1 is 1.11 bits per heavy atom. The van der Waals surface area contributed by atoms with E-state index in [0.717, 1.165) is 33.8 Å². The summed E-state index contributed by atoms with van der Waals surface area (Å²) in [5.41, 5.74) is 5.38. The second-order valence-corrected chi connectivity index (χ2v) is 7.66. The number of amides is 1. The summed E-state index contributed by atoms with van der Waals surface area (Å²) >= 11 is 0. The number of hydrogen-bond acceptors (Lipinski definition) is 4. The van der Waals surface area contributed by atoms with E-state index in [2.05, 4.69) is 32.6 Å². The van der Waals surface area contributed by atoms with Crippen molar-refractivity contribution in [2.24, 2.45) is 4.99 Å². The molecule has 3 aromatic rings. The molecule has 1 aliphatic rings. The molecule has 2 N–H and O–H groups in total. The molecule has 2 heterocycles. The fourth-order valence-electron chi connectivity index (χ4n) is 3.14. The van der Waals surface area contributed by atoms with Gasteiger partial charge in [0.05, 0.1) is 12.3 Å². The highest BCUT2D eigenvalue weighted by Gasteiger charge is 2.21. The second-order valence-electron chi connectivity index (χ2n) is 7.66. The zero-order valence-corrected chi connectivity index (χ0v) is 15.6. The minimum absolute atomic E-state index is 0.0846. The summed E-state index contributed by atoms with van der Waals surface area (Å²) < 4.78 is 0. The van der Waals surface area contributed by atoms with Crippen LogP contribution in [-0.2, 0) is 6.54 Å². The molecular weight excluding hydrogens is 338 g/mol. The Bertz CT molecular complexity index is 1030. The van der Waals surface area contributed by atoms with E-state index in [1.807, 2.05) is 51.1 Å². The normalized spacial score (nSPS) is 13.2. The fraction of sp³-hybridized carbons (Fsp3) is 0.238. The maximum Gasteiger partial charge on any atom is 0.251 e. The van der Waals surface area contributed by atoms with E-state index in [9.17, 15) is 4.79 Å². The summed E-state index contributed by atoms with van der Waals surface area (Å²) in [7, 11) is 0. The van der Waals surface area contributed by atoms with Crippen molar-refractivity contribution < 1.29 is 4.79 Å². The number of rotatable bonds is 3. The number of carbonyl (C=O) groups is 1. The van der Waals surface area contributed by atoms with Crippen LogP contribution in [0.25, 0.3) is 11.4 Å². The molecule has 27 heavy (non-hydrogen) atoms. The average Bonchev–Trinajstić information content (AvgIpc) is 3.29. The number of nitrogens with one attached hydrogen (secondary N) is 2. The highest BCUT2D eigenvalue weighted by Crippen LogP contribution is 2.27. The number of carbonyl (C=O) groups excluding carboxylic acids is 1. The van der Waals surface area contributed by atoms with Gasteiger partial charge in [0, 0.05) is 27.8 Å². The zero-order valence-electron chi connectivity index (χ0n) is 15.6. The number of hydrogen-bond donors (Lipinski definition) is 2. The maximum atomic E-state index is 12.5. The molecule has 0 aliphatic carbocycles. The van der Waals surface area contributed by atoms with Gasteiger partial charge in [0.25, 0.3) is 5.91 Å². The molecule has 1 aliphatic heterocycles. The largest absolute Gasteiger partial charge is 0.347 e. The van der Waals surface area contributed by atoms with E-state index < -0.39 is 0 Å². The van der Waals surface area contributed by atoms with Crippen molar-refractivity contribution >= 4 is 11.6 Å². The monoisotopic (exact) mass is 359 g/mol. The smallest absolute Gasteiger partial charge is 0.251 e. The van der Waals surface area contributed by atoms with E-state index >= 15 is 0 Å². The number of nitrogens with zero attached hydrogens (tertiary/aromatic N) is 3. The van der Waals surface area contributed by atoms with Gasteiger partial charge in [-0.1, -0.05) is 24.3 Å². The van der Waals surface area contributed by atoms with Gasteiger partial charge in [-0.15, -0.1) is 0 Å². The number of H-pyrrole nitrogens is 1. The molecular formula is C21H21N5O. The highest BCUT2D eigenvalue weighted by atomic mass is 16.1. The van der Waals surface area contributed by atoms with Crippen LogP contribution < -0.4 is 5.32 Å². The van der Waals surface area contributed by atoms with Crippen molar-refractivity contribution in [3.63, 3.8) is 0 Å². The SMILES string of the molecule is CC(C)(C)NC(=O)c1cccc(C2=NCc3ccc(-c4ncn[nH]4)cc32)c1. The molecule has 1 aromatic heterocycles. The molecule has 6 nitrogen and oxygen atoms in total. The van der Waals surface area contributed by atoms with Gasteiger partial charge in [-0.25, -0.2) is 4.98 Å². The van der Waals surface area contributed by atoms with Crippen LogP contribution in [0, 0.1) is 0 Å². The summed E-state index contributed by atoms with van der Waals surface area (Å²) in [5, 5.41) is 9.81. The van der Waals surface area contributed by atoms with Crippen LogP contribution in [0.1, 0.15) is 47.8 Å². The summed E-state index contributed by atoms with van der Waals surface area (Å²) in [5.74, 6) is 0.640. The van der Waals surface area contributed by atoms with Crippen molar-refractivity contribution in [3.8, 4) is 11.4 Å². The Hall–Kier alpha value is -3.28. The number of aliphatic imine (C=N–C) groups is 1. The Morgan fingerprint density at radius 2 is 1.96 bits per heavy atom. The lowest BCUT2D eigenvalue weighted by atomic mass is 9.96. The third-order valence-electron chi connectivity index (χ3n) is 4.35. The van der Waals surface area contributed by atoms with Crippen molar-refractivity contribution in [1.29, 1.82) is 0 Å². The summed E-state index contributed by atoms with van der Waals surface area (Å²) in [6.45, 7) is 6.55. The van der Waals surface area contributed by atoms with Gasteiger partial charge in [0.1, 0.15) is 6.33 Å². The van der Waals surface area contributed by atoms with Crippen LogP contribution in [0.3, 0.4) is 0 Å². The molecule has 0 radical (unpaired) electrons. The predicted octanol–water partition coefficient (Wildman–Crippen LogP) is 3.35. The molecule has 0 atom stereocenters. The van der Waals surface area contributed by atoms with Gasteiger partial charge in [-0.2, -0.15) is 5.10 Å². The first-order valence-corrected chi connectivity index (χ1v) is 8.87. The standard InChI is InChI=1S/C21H21N5O/c1-21(2,3)25-20(27)15-6-4-5-13(9-15)18-17-10-14(19-23-12-24-26-19)7-8-16(17)11-22-18/h4-10,12H,11H2,1-3H3,(H,25,27)(H,23,24,26). The predicted molar refractivity (Wildman–Crippen MR) is 105 cm³/mol. The number of aromatic amines is 1. The van der Waals surface area contributed by atoms with E-state index in [-0.39, 0.29) is 11.4 Å². The summed E-state index contributed by atoms with van der Waals surface area (Å²) in [6.07, 6.45) is 1.49. The first kappa shape index (κ1) is 17.1. The molecule has 0 saturated heterocycles. The highest BCUT2D eigenvalue weighted by molar-refractivity contribution is 6.16. The molecule has 0 bridgehead atoms. The van der Waals surface area contributed by atoms with E-state index in [1.54, 1.807) is 0 Å². The van der Waals surface area contributed by atoms with Crippen LogP contribution in [0.5, 0.6) is 0 Å². The van der Waals surface area contributed by atoms with Gasteiger partial charge >= 0.3 is 0 Å². The molecule has 0 unspecified atom stereocenters. The minimum atomic E-state index is -0.281. The lowest BCUT2D eigenvalue weighted by Gasteiger charge is -2.20. The first-order valence-electron chi connectivity index (χ1n) is 8.87. The molecule has 136 valence electrons. The Labute approximate surface area is 157 Å². The van der Waals surface area contributed by atoms with Crippen molar-refractivity contribution in [2.45, 2.75) is 32.9 Å². The summed E-state index contributed by atoms with van der Waals surface area (Å²) in [4.78, 5) is 21.4. The van der Waals surface area contributed by atoms with Crippen LogP contribution in [-0.4, -0.2) is 32.3 Å². The van der Waals surface area contributed by atoms with Crippen LogP contribution in [0.4, 0.5) is 0 Å². The first-order chi connectivity index (χ1) is 12.9. The van der Waals surface area contributed by atoms with Gasteiger partial charge in [0.15, 0.2) is 5.82 Å². The molecule has 4 rings (SSSR count). The molecule has 0 saturated carbocycles. The number of aromatic nitrogens is 3. The maximum absolute atomic E-state index is 12.5. The van der Waals surface area contributed by atoms with Gasteiger partial charge < -0.3 is 5.32 Å². The number of benzene rings is 2. The van der Waals surface area contributed by atoms with Crippen LogP contribution in [0.2, 0.25) is 0 Å². The van der Waals surface area contributed by atoms with Crippen molar-refractivity contribution in [3.05, 3.63) is 71.0 Å². The van der Waals surface area contributed by atoms with Crippen LogP contribution in [0.15, 0.2) is 53.8 Å². The second kappa shape index (κ2) is 6.46. The zero-order chi connectivity index (χ0) is 19.0. The van der Waals surface area contributed by atoms with Crippen LogP contribution >= 0.6 is 0 Å². The van der Waals surface area contributed by atoms with Crippen molar-refractivity contribution in [2.75, 3.05) is 0 Å². The molecule has 0 spiro atoms. The lowest BCUT2D eigenvalue weighted by Crippen LogP contribution is -2.40. The molecule has 6 heteroatoms.